The number of aromatic nitrogens is 4. The fourth-order valence-corrected chi connectivity index (χ4v) is 3.38. The molecule has 0 bridgehead atoms. The standard InChI is InChI=1S/C18H21N5/c1-22-10-6-14(7-11-22)12-17-21-16-5-3-9-20-18(16)23(17)15-4-2-8-19-13-15/h2-5,8-9,13-14H,6-7,10-12H2,1H3. The first-order chi connectivity index (χ1) is 11.3. The van der Waals surface area contributed by atoms with E-state index < -0.39 is 0 Å². The number of likely N-dealkylation sites (tertiary alicyclic amines) is 1. The van der Waals surface area contributed by atoms with E-state index in [1.807, 2.05) is 30.6 Å². The van der Waals surface area contributed by atoms with E-state index in [4.69, 9.17) is 4.98 Å². The first-order valence-electron chi connectivity index (χ1n) is 8.22. The highest BCUT2D eigenvalue weighted by molar-refractivity contribution is 5.73. The normalized spacial score (nSPS) is 16.9. The third kappa shape index (κ3) is 2.84. The Morgan fingerprint density at radius 3 is 2.74 bits per heavy atom. The molecule has 1 fully saturated rings. The van der Waals surface area contributed by atoms with Gasteiger partial charge < -0.3 is 4.90 Å². The molecule has 1 aliphatic heterocycles. The molecule has 0 aromatic carbocycles. The summed E-state index contributed by atoms with van der Waals surface area (Å²) in [7, 11) is 2.20. The van der Waals surface area contributed by atoms with Gasteiger partial charge in [0, 0.05) is 18.8 Å². The summed E-state index contributed by atoms with van der Waals surface area (Å²) in [5.41, 5.74) is 2.92. The van der Waals surface area contributed by atoms with Crippen molar-refractivity contribution in [2.45, 2.75) is 19.3 Å². The van der Waals surface area contributed by atoms with Crippen LogP contribution in [0.3, 0.4) is 0 Å². The van der Waals surface area contributed by atoms with Crippen molar-refractivity contribution in [3.8, 4) is 5.69 Å². The van der Waals surface area contributed by atoms with E-state index in [1.54, 1.807) is 6.20 Å². The van der Waals surface area contributed by atoms with E-state index in [0.717, 1.165) is 29.1 Å². The number of imidazole rings is 1. The smallest absolute Gasteiger partial charge is 0.164 e. The van der Waals surface area contributed by atoms with Crippen molar-refractivity contribution in [3.63, 3.8) is 0 Å². The molecule has 4 rings (SSSR count). The number of fused-ring (bicyclic) bond motifs is 1. The highest BCUT2D eigenvalue weighted by Crippen LogP contribution is 2.25. The predicted octanol–water partition coefficient (Wildman–Crippen LogP) is 2.70. The molecule has 0 aliphatic carbocycles. The van der Waals surface area contributed by atoms with Gasteiger partial charge in [0.1, 0.15) is 11.3 Å². The molecule has 3 aromatic heterocycles. The van der Waals surface area contributed by atoms with Gasteiger partial charge in [-0.1, -0.05) is 0 Å². The Hall–Kier alpha value is -2.27. The van der Waals surface area contributed by atoms with Gasteiger partial charge in [0.2, 0.25) is 0 Å². The Morgan fingerprint density at radius 1 is 1.13 bits per heavy atom. The second-order valence-electron chi connectivity index (χ2n) is 6.37. The van der Waals surface area contributed by atoms with Crippen LogP contribution >= 0.6 is 0 Å². The summed E-state index contributed by atoms with van der Waals surface area (Å²) in [5, 5.41) is 0. The van der Waals surface area contributed by atoms with Crippen molar-refractivity contribution >= 4 is 11.2 Å². The average Bonchev–Trinajstić information content (AvgIpc) is 2.95. The number of rotatable bonds is 3. The Labute approximate surface area is 136 Å². The minimum absolute atomic E-state index is 0.693. The SMILES string of the molecule is CN1CCC(Cc2nc3cccnc3n2-c2cccnc2)CC1. The summed E-state index contributed by atoms with van der Waals surface area (Å²) in [5.74, 6) is 1.79. The van der Waals surface area contributed by atoms with Crippen molar-refractivity contribution in [1.29, 1.82) is 0 Å². The van der Waals surface area contributed by atoms with Gasteiger partial charge in [0.15, 0.2) is 5.65 Å². The van der Waals surface area contributed by atoms with Crippen molar-refractivity contribution in [3.05, 3.63) is 48.7 Å². The van der Waals surface area contributed by atoms with Crippen molar-refractivity contribution in [2.24, 2.45) is 5.92 Å². The molecule has 118 valence electrons. The Bertz CT molecular complexity index is 788. The Kier molecular flexibility index (Phi) is 3.79. The summed E-state index contributed by atoms with van der Waals surface area (Å²) in [6.07, 6.45) is 8.98. The molecule has 0 radical (unpaired) electrons. The van der Waals surface area contributed by atoms with Crippen molar-refractivity contribution < 1.29 is 0 Å². The quantitative estimate of drug-likeness (QED) is 0.746. The van der Waals surface area contributed by atoms with Gasteiger partial charge in [-0.2, -0.15) is 0 Å². The number of piperidine rings is 1. The minimum atomic E-state index is 0.693. The maximum Gasteiger partial charge on any atom is 0.164 e. The molecule has 1 aliphatic rings. The topological polar surface area (TPSA) is 46.8 Å². The highest BCUT2D eigenvalue weighted by Gasteiger charge is 2.21. The van der Waals surface area contributed by atoms with Gasteiger partial charge in [-0.05, 0) is 63.2 Å². The summed E-state index contributed by atoms with van der Waals surface area (Å²) in [4.78, 5) is 16.1. The van der Waals surface area contributed by atoms with Crippen molar-refractivity contribution in [2.75, 3.05) is 20.1 Å². The van der Waals surface area contributed by atoms with Crippen LogP contribution in [0.1, 0.15) is 18.7 Å². The largest absolute Gasteiger partial charge is 0.306 e. The van der Waals surface area contributed by atoms with Crippen LogP contribution in [0.2, 0.25) is 0 Å². The lowest BCUT2D eigenvalue weighted by molar-refractivity contribution is 0.217. The third-order valence-corrected chi connectivity index (χ3v) is 4.70. The van der Waals surface area contributed by atoms with Crippen LogP contribution in [0.15, 0.2) is 42.9 Å². The van der Waals surface area contributed by atoms with Crippen LogP contribution in [0.4, 0.5) is 0 Å². The van der Waals surface area contributed by atoms with Gasteiger partial charge in [-0.25, -0.2) is 9.97 Å². The number of hydrogen-bond donors (Lipinski definition) is 0. The average molecular weight is 307 g/mol. The summed E-state index contributed by atoms with van der Waals surface area (Å²) in [6.45, 7) is 2.35. The minimum Gasteiger partial charge on any atom is -0.306 e. The van der Waals surface area contributed by atoms with Crippen LogP contribution in [0, 0.1) is 5.92 Å². The molecule has 4 heterocycles. The maximum atomic E-state index is 4.86. The van der Waals surface area contributed by atoms with Gasteiger partial charge in [-0.3, -0.25) is 9.55 Å². The second kappa shape index (κ2) is 6.08. The molecule has 23 heavy (non-hydrogen) atoms. The number of pyridine rings is 2. The van der Waals surface area contributed by atoms with E-state index in [9.17, 15) is 0 Å². The van der Waals surface area contributed by atoms with E-state index in [-0.39, 0.29) is 0 Å². The molecule has 1 saturated heterocycles. The third-order valence-electron chi connectivity index (χ3n) is 4.70. The monoisotopic (exact) mass is 307 g/mol. The zero-order valence-corrected chi connectivity index (χ0v) is 13.4. The van der Waals surface area contributed by atoms with Gasteiger partial charge in [-0.15, -0.1) is 0 Å². The lowest BCUT2D eigenvalue weighted by Gasteiger charge is -2.28. The fraction of sp³-hybridized carbons (Fsp3) is 0.389. The first-order valence-corrected chi connectivity index (χ1v) is 8.22. The predicted molar refractivity (Wildman–Crippen MR) is 90.6 cm³/mol. The number of nitrogens with zero attached hydrogens (tertiary/aromatic N) is 5. The molecular weight excluding hydrogens is 286 g/mol. The zero-order chi connectivity index (χ0) is 15.6. The van der Waals surface area contributed by atoms with E-state index >= 15 is 0 Å². The molecule has 0 spiro atoms. The molecule has 0 saturated carbocycles. The van der Waals surface area contributed by atoms with Crippen LogP contribution in [0.5, 0.6) is 0 Å². The van der Waals surface area contributed by atoms with Crippen LogP contribution < -0.4 is 0 Å². The fourth-order valence-electron chi connectivity index (χ4n) is 3.38. The van der Waals surface area contributed by atoms with Crippen LogP contribution in [0.25, 0.3) is 16.9 Å². The van der Waals surface area contributed by atoms with Gasteiger partial charge in [0.05, 0.1) is 11.9 Å². The Morgan fingerprint density at radius 2 is 1.96 bits per heavy atom. The maximum absolute atomic E-state index is 4.86. The summed E-state index contributed by atoms with van der Waals surface area (Å²) < 4.78 is 2.17. The van der Waals surface area contributed by atoms with Crippen LogP contribution in [-0.2, 0) is 6.42 Å². The van der Waals surface area contributed by atoms with Gasteiger partial charge in [0.25, 0.3) is 0 Å². The molecular formula is C18H21N5. The zero-order valence-electron chi connectivity index (χ0n) is 13.4. The molecule has 0 atom stereocenters. The Balaban J connectivity index is 1.74. The van der Waals surface area contributed by atoms with Crippen LogP contribution in [-0.4, -0.2) is 44.6 Å². The van der Waals surface area contributed by atoms with Gasteiger partial charge >= 0.3 is 0 Å². The second-order valence-corrected chi connectivity index (χ2v) is 6.37. The van der Waals surface area contributed by atoms with E-state index in [1.165, 1.54) is 25.9 Å². The van der Waals surface area contributed by atoms with E-state index in [2.05, 4.69) is 32.5 Å². The van der Waals surface area contributed by atoms with Crippen molar-refractivity contribution in [1.82, 2.24) is 24.4 Å². The summed E-state index contributed by atoms with van der Waals surface area (Å²) >= 11 is 0. The molecule has 5 heteroatoms. The molecule has 0 N–H and O–H groups in total. The summed E-state index contributed by atoms with van der Waals surface area (Å²) in [6, 6.07) is 8.01. The molecule has 5 nitrogen and oxygen atoms in total. The molecule has 0 unspecified atom stereocenters. The lowest BCUT2D eigenvalue weighted by atomic mass is 9.93. The lowest BCUT2D eigenvalue weighted by Crippen LogP contribution is -2.31. The first kappa shape index (κ1) is 14.3. The highest BCUT2D eigenvalue weighted by atomic mass is 15.1. The van der Waals surface area contributed by atoms with E-state index in [0.29, 0.717) is 5.92 Å². The number of hydrogen-bond acceptors (Lipinski definition) is 4. The molecule has 3 aromatic rings. The molecule has 0 amide bonds.